The zero-order valence-electron chi connectivity index (χ0n) is 11.7. The average Bonchev–Trinajstić information content (AvgIpc) is 2.82. The average molecular weight is 308 g/mol. The molecule has 1 unspecified atom stereocenters. The molecule has 1 fully saturated rings. The molecule has 0 N–H and O–H groups in total. The lowest BCUT2D eigenvalue weighted by atomic mass is 10.1. The van der Waals surface area contributed by atoms with Gasteiger partial charge in [-0.2, -0.15) is 0 Å². The maximum atomic E-state index is 12.6. The predicted octanol–water partition coefficient (Wildman–Crippen LogP) is 0.431. The summed E-state index contributed by atoms with van der Waals surface area (Å²) in [5, 5.41) is 0. The van der Waals surface area contributed by atoms with Crippen LogP contribution in [0.4, 0.5) is 11.4 Å². The number of hydrogen-bond acceptors (Lipinski definition) is 4. The van der Waals surface area contributed by atoms with Gasteiger partial charge in [0, 0.05) is 7.05 Å². The molecule has 6 nitrogen and oxygen atoms in total. The zero-order valence-corrected chi connectivity index (χ0v) is 12.5. The third kappa shape index (κ3) is 2.42. The lowest BCUT2D eigenvalue weighted by Gasteiger charge is -2.35. The summed E-state index contributed by atoms with van der Waals surface area (Å²) in [5.74, 6) is -1.06. The molecule has 2 aliphatic rings. The van der Waals surface area contributed by atoms with E-state index >= 15 is 0 Å². The van der Waals surface area contributed by atoms with Crippen LogP contribution in [0.1, 0.15) is 6.42 Å². The first-order valence-electron chi connectivity index (χ1n) is 6.76. The topological polar surface area (TPSA) is 74.8 Å². The smallest absolute Gasteiger partial charge is 0.246 e. The lowest BCUT2D eigenvalue weighted by molar-refractivity contribution is -0.124. The molecule has 0 aromatic heterocycles. The van der Waals surface area contributed by atoms with Gasteiger partial charge in [0.1, 0.15) is 6.54 Å². The Kier molecular flexibility index (Phi) is 3.24. The van der Waals surface area contributed by atoms with E-state index < -0.39 is 15.8 Å². The van der Waals surface area contributed by atoms with E-state index in [1.807, 2.05) is 0 Å². The van der Waals surface area contributed by atoms with Crippen LogP contribution in [0.2, 0.25) is 0 Å². The van der Waals surface area contributed by atoms with Gasteiger partial charge in [0.05, 0.1) is 28.8 Å². The number of anilines is 2. The van der Waals surface area contributed by atoms with Crippen LogP contribution in [0.15, 0.2) is 24.3 Å². The molecular weight excluding hydrogens is 292 g/mol. The van der Waals surface area contributed by atoms with E-state index in [-0.39, 0.29) is 29.9 Å². The van der Waals surface area contributed by atoms with Gasteiger partial charge < -0.3 is 9.80 Å². The van der Waals surface area contributed by atoms with Gasteiger partial charge in [-0.15, -0.1) is 0 Å². The number of carbonyl (C=O) groups excluding carboxylic acids is 2. The first-order valence-corrected chi connectivity index (χ1v) is 8.58. The minimum absolute atomic E-state index is 0.0388. The highest BCUT2D eigenvalue weighted by molar-refractivity contribution is 7.91. The van der Waals surface area contributed by atoms with Crippen LogP contribution in [-0.2, 0) is 19.4 Å². The molecule has 0 bridgehead atoms. The number of hydrogen-bond donors (Lipinski definition) is 0. The molecule has 1 saturated heterocycles. The number of amides is 2. The summed E-state index contributed by atoms with van der Waals surface area (Å²) in [6, 6.07) is 7.16. The highest BCUT2D eigenvalue weighted by Crippen LogP contribution is 2.34. The molecular formula is C14H16N2O4S. The predicted molar refractivity (Wildman–Crippen MR) is 79.0 cm³/mol. The van der Waals surface area contributed by atoms with Gasteiger partial charge in [0.2, 0.25) is 11.8 Å². The zero-order chi connectivity index (χ0) is 15.2. The summed E-state index contributed by atoms with van der Waals surface area (Å²) in [5.41, 5.74) is 1.33. The molecule has 1 aromatic rings. The summed E-state index contributed by atoms with van der Waals surface area (Å²) in [4.78, 5) is 27.6. The standard InChI is InChI=1S/C14H16N2O4S/c1-15-11-4-2-3-5-12(11)16(8-13(15)17)14(18)10-6-7-21(19,20)9-10/h2-5,10H,6-9H2,1H3. The van der Waals surface area contributed by atoms with Crippen LogP contribution < -0.4 is 9.80 Å². The van der Waals surface area contributed by atoms with Crippen molar-refractivity contribution in [1.82, 2.24) is 0 Å². The van der Waals surface area contributed by atoms with Gasteiger partial charge in [0.25, 0.3) is 0 Å². The van der Waals surface area contributed by atoms with E-state index in [0.717, 1.165) is 0 Å². The molecule has 7 heteroatoms. The van der Waals surface area contributed by atoms with Crippen molar-refractivity contribution in [3.8, 4) is 0 Å². The monoisotopic (exact) mass is 308 g/mol. The van der Waals surface area contributed by atoms with Crippen molar-refractivity contribution in [3.63, 3.8) is 0 Å². The number of sulfone groups is 1. The van der Waals surface area contributed by atoms with Gasteiger partial charge in [-0.05, 0) is 18.6 Å². The summed E-state index contributed by atoms with van der Waals surface area (Å²) < 4.78 is 23.1. The number of rotatable bonds is 1. The Labute approximate surface area is 123 Å². The minimum atomic E-state index is -3.12. The number of carbonyl (C=O) groups is 2. The largest absolute Gasteiger partial charge is 0.312 e. The molecule has 2 amide bonds. The second kappa shape index (κ2) is 4.84. The summed E-state index contributed by atoms with van der Waals surface area (Å²) in [7, 11) is -1.45. The van der Waals surface area contributed by atoms with Crippen molar-refractivity contribution >= 4 is 33.0 Å². The van der Waals surface area contributed by atoms with Crippen molar-refractivity contribution in [2.45, 2.75) is 6.42 Å². The van der Waals surface area contributed by atoms with Crippen molar-refractivity contribution in [1.29, 1.82) is 0 Å². The number of nitrogens with zero attached hydrogens (tertiary/aromatic N) is 2. The van der Waals surface area contributed by atoms with Crippen molar-refractivity contribution < 1.29 is 18.0 Å². The number of likely N-dealkylation sites (N-methyl/N-ethyl adjacent to an activating group) is 1. The molecule has 2 aliphatic heterocycles. The second-order valence-electron chi connectivity index (χ2n) is 5.47. The Morgan fingerprint density at radius 1 is 1.24 bits per heavy atom. The molecule has 0 saturated carbocycles. The van der Waals surface area contributed by atoms with E-state index in [0.29, 0.717) is 17.8 Å². The molecule has 21 heavy (non-hydrogen) atoms. The number of fused-ring (bicyclic) bond motifs is 1. The maximum Gasteiger partial charge on any atom is 0.246 e. The molecule has 1 aromatic carbocycles. The SMILES string of the molecule is CN1C(=O)CN(C(=O)C2CCS(=O)(=O)C2)c2ccccc21. The number of benzene rings is 1. The van der Waals surface area contributed by atoms with E-state index in [4.69, 9.17) is 0 Å². The van der Waals surface area contributed by atoms with Gasteiger partial charge in [-0.25, -0.2) is 8.42 Å². The van der Waals surface area contributed by atoms with Crippen LogP contribution in [0.5, 0.6) is 0 Å². The van der Waals surface area contributed by atoms with E-state index in [1.54, 1.807) is 31.3 Å². The summed E-state index contributed by atoms with van der Waals surface area (Å²) >= 11 is 0. The minimum Gasteiger partial charge on any atom is -0.312 e. The van der Waals surface area contributed by atoms with Gasteiger partial charge >= 0.3 is 0 Å². The third-order valence-electron chi connectivity index (χ3n) is 4.05. The van der Waals surface area contributed by atoms with Crippen LogP contribution >= 0.6 is 0 Å². The Hall–Kier alpha value is -1.89. The highest BCUT2D eigenvalue weighted by atomic mass is 32.2. The first-order chi connectivity index (χ1) is 9.89. The Bertz CT molecular complexity index is 713. The normalized spacial score (nSPS) is 24.0. The Balaban J connectivity index is 1.94. The quantitative estimate of drug-likeness (QED) is 0.754. The molecule has 0 radical (unpaired) electrons. The summed E-state index contributed by atoms with van der Waals surface area (Å²) in [6.07, 6.45) is 0.337. The van der Waals surface area contributed by atoms with Crippen molar-refractivity contribution in [2.24, 2.45) is 5.92 Å². The molecule has 112 valence electrons. The maximum absolute atomic E-state index is 12.6. The summed E-state index contributed by atoms with van der Waals surface area (Å²) in [6.45, 7) is -0.0388. The highest BCUT2D eigenvalue weighted by Gasteiger charge is 2.39. The molecule has 1 atom stereocenters. The van der Waals surface area contributed by atoms with E-state index in [9.17, 15) is 18.0 Å². The van der Waals surface area contributed by atoms with Crippen LogP contribution in [-0.4, -0.2) is 45.3 Å². The van der Waals surface area contributed by atoms with Crippen LogP contribution in [0.25, 0.3) is 0 Å². The fourth-order valence-corrected chi connectivity index (χ4v) is 4.58. The number of para-hydroxylation sites is 2. The molecule has 2 heterocycles. The van der Waals surface area contributed by atoms with E-state index in [1.165, 1.54) is 9.80 Å². The van der Waals surface area contributed by atoms with Gasteiger partial charge in [-0.1, -0.05) is 12.1 Å². The van der Waals surface area contributed by atoms with Gasteiger partial charge in [-0.3, -0.25) is 9.59 Å². The fraction of sp³-hybridized carbons (Fsp3) is 0.429. The Morgan fingerprint density at radius 2 is 1.90 bits per heavy atom. The Morgan fingerprint density at radius 3 is 2.52 bits per heavy atom. The molecule has 3 rings (SSSR count). The van der Waals surface area contributed by atoms with Gasteiger partial charge in [0.15, 0.2) is 9.84 Å². The first kappa shape index (κ1) is 14.1. The third-order valence-corrected chi connectivity index (χ3v) is 5.82. The van der Waals surface area contributed by atoms with Crippen molar-refractivity contribution in [2.75, 3.05) is 34.9 Å². The fourth-order valence-electron chi connectivity index (χ4n) is 2.84. The second-order valence-corrected chi connectivity index (χ2v) is 7.69. The van der Waals surface area contributed by atoms with Crippen molar-refractivity contribution in [3.05, 3.63) is 24.3 Å². The molecule has 0 spiro atoms. The molecule has 0 aliphatic carbocycles. The van der Waals surface area contributed by atoms with E-state index in [2.05, 4.69) is 0 Å². The lowest BCUT2D eigenvalue weighted by Crippen LogP contribution is -2.48. The van der Waals surface area contributed by atoms with Crippen LogP contribution in [0.3, 0.4) is 0 Å². The van der Waals surface area contributed by atoms with Crippen LogP contribution in [0, 0.1) is 5.92 Å².